The smallest absolute Gasteiger partial charge is 0.328 e. The van der Waals surface area contributed by atoms with Crippen LogP contribution in [0.3, 0.4) is 0 Å². The molecule has 0 aliphatic heterocycles. The number of hydrogen-bond donors (Lipinski definition) is 1. The molecule has 0 saturated heterocycles. The normalized spacial score (nSPS) is 14.9. The van der Waals surface area contributed by atoms with Crippen LogP contribution in [-0.4, -0.2) is 25.0 Å². The van der Waals surface area contributed by atoms with Crippen molar-refractivity contribution in [2.75, 3.05) is 7.11 Å². The fourth-order valence-corrected chi connectivity index (χ4v) is 0.982. The number of amides is 1. The fraction of sp³-hybridized carbons (Fsp3) is 0.300. The minimum Gasteiger partial charge on any atom is -0.467 e. The van der Waals surface area contributed by atoms with Crippen LogP contribution >= 0.6 is 0 Å². The van der Waals surface area contributed by atoms with Crippen molar-refractivity contribution in [2.45, 2.75) is 13.0 Å². The Labute approximate surface area is 81.9 Å². The summed E-state index contributed by atoms with van der Waals surface area (Å²) < 4.78 is 4.47. The summed E-state index contributed by atoms with van der Waals surface area (Å²) in [4.78, 5) is 22.4. The maximum atomic E-state index is 11.4. The highest BCUT2D eigenvalue weighted by molar-refractivity contribution is 5.98. The molecule has 0 heterocycles. The lowest BCUT2D eigenvalue weighted by molar-refractivity contribution is -0.144. The molecule has 1 rings (SSSR count). The Bertz CT molecular complexity index is 348. The molecule has 1 amide bonds. The molecule has 0 radical (unpaired) electrons. The molecule has 1 N–H and O–H groups in total. The number of methoxy groups -OCH3 is 1. The van der Waals surface area contributed by atoms with Gasteiger partial charge in [-0.25, -0.2) is 4.79 Å². The summed E-state index contributed by atoms with van der Waals surface area (Å²) in [6, 6.07) is -0.643. The molecule has 74 valence electrons. The summed E-state index contributed by atoms with van der Waals surface area (Å²) in [6.07, 6.45) is 4.97. The molecule has 0 spiro atoms. The van der Waals surface area contributed by atoms with Crippen LogP contribution in [0.1, 0.15) is 6.92 Å². The van der Waals surface area contributed by atoms with Crippen molar-refractivity contribution in [3.05, 3.63) is 29.5 Å². The van der Waals surface area contributed by atoms with E-state index >= 15 is 0 Å². The summed E-state index contributed by atoms with van der Waals surface area (Å²) in [6.45, 7) is 1.56. The number of rotatable bonds is 3. The fourth-order valence-electron chi connectivity index (χ4n) is 0.982. The average molecular weight is 193 g/mol. The van der Waals surface area contributed by atoms with Gasteiger partial charge in [0.05, 0.1) is 12.7 Å². The van der Waals surface area contributed by atoms with Crippen LogP contribution in [0.15, 0.2) is 29.5 Å². The first kappa shape index (κ1) is 10.3. The third-order valence-corrected chi connectivity index (χ3v) is 1.74. The zero-order valence-electron chi connectivity index (χ0n) is 8.03. The van der Waals surface area contributed by atoms with Gasteiger partial charge in [0.25, 0.3) is 5.91 Å². The zero-order chi connectivity index (χ0) is 10.6. The van der Waals surface area contributed by atoms with Gasteiger partial charge in [-0.3, -0.25) is 4.79 Å². The molecule has 0 aromatic rings. The van der Waals surface area contributed by atoms with Crippen LogP contribution in [0.5, 0.6) is 0 Å². The van der Waals surface area contributed by atoms with E-state index in [2.05, 4.69) is 15.8 Å². The van der Waals surface area contributed by atoms with Gasteiger partial charge in [-0.1, -0.05) is 6.08 Å². The van der Waals surface area contributed by atoms with Gasteiger partial charge < -0.3 is 10.1 Å². The number of carbonyl (C=O) groups excluding carboxylic acids is 2. The van der Waals surface area contributed by atoms with Gasteiger partial charge in [-0.2, -0.15) is 0 Å². The highest BCUT2D eigenvalue weighted by Gasteiger charge is 2.17. The Morgan fingerprint density at radius 1 is 1.57 bits per heavy atom. The van der Waals surface area contributed by atoms with Crippen molar-refractivity contribution in [3.63, 3.8) is 0 Å². The third-order valence-electron chi connectivity index (χ3n) is 1.74. The molecule has 0 bridgehead atoms. The van der Waals surface area contributed by atoms with Gasteiger partial charge in [0.15, 0.2) is 0 Å². The van der Waals surface area contributed by atoms with E-state index in [9.17, 15) is 9.59 Å². The number of esters is 1. The maximum absolute atomic E-state index is 11.4. The molecule has 0 fully saturated rings. The lowest BCUT2D eigenvalue weighted by Crippen LogP contribution is -2.39. The summed E-state index contributed by atoms with van der Waals surface area (Å²) in [7, 11) is 1.28. The van der Waals surface area contributed by atoms with E-state index in [-0.39, 0.29) is 5.91 Å². The van der Waals surface area contributed by atoms with Crippen LogP contribution in [-0.2, 0) is 14.3 Å². The molecule has 1 aliphatic carbocycles. The van der Waals surface area contributed by atoms with Crippen molar-refractivity contribution in [3.8, 4) is 0 Å². The topological polar surface area (TPSA) is 55.4 Å². The predicted molar refractivity (Wildman–Crippen MR) is 50.4 cm³/mol. The second kappa shape index (κ2) is 4.44. The molecule has 4 nitrogen and oxygen atoms in total. The number of allylic oxidation sites excluding steroid dienone is 1. The number of ether oxygens (including phenoxy) is 1. The quantitative estimate of drug-likeness (QED) is 0.518. The van der Waals surface area contributed by atoms with Gasteiger partial charge in [-0.05, 0) is 19.1 Å². The number of hydrogen-bond acceptors (Lipinski definition) is 3. The molecule has 0 aromatic heterocycles. The Hall–Kier alpha value is -1.80. The van der Waals surface area contributed by atoms with E-state index in [0.29, 0.717) is 5.57 Å². The summed E-state index contributed by atoms with van der Waals surface area (Å²) in [5, 5.41) is 2.49. The molecular formula is C10H11NO3. The van der Waals surface area contributed by atoms with Gasteiger partial charge in [0.1, 0.15) is 6.04 Å². The van der Waals surface area contributed by atoms with Crippen LogP contribution in [0.4, 0.5) is 0 Å². The van der Waals surface area contributed by atoms with E-state index < -0.39 is 12.0 Å². The van der Waals surface area contributed by atoms with E-state index in [1.807, 2.05) is 0 Å². The Kier molecular flexibility index (Phi) is 3.26. The van der Waals surface area contributed by atoms with Crippen molar-refractivity contribution < 1.29 is 14.3 Å². The zero-order valence-corrected chi connectivity index (χ0v) is 8.03. The first-order chi connectivity index (χ1) is 6.65. The van der Waals surface area contributed by atoms with Crippen molar-refractivity contribution in [1.29, 1.82) is 0 Å². The number of carbonyl (C=O) groups is 2. The van der Waals surface area contributed by atoms with Crippen LogP contribution in [0, 0.1) is 0 Å². The van der Waals surface area contributed by atoms with Crippen LogP contribution in [0.25, 0.3) is 0 Å². The SMILES string of the molecule is COC(=O)[C@H](C)NC(=O)C1=C=CC=C1. The van der Waals surface area contributed by atoms with E-state index in [0.717, 1.165) is 0 Å². The Morgan fingerprint density at radius 3 is 2.79 bits per heavy atom. The summed E-state index contributed by atoms with van der Waals surface area (Å²) in [5.41, 5.74) is 3.15. The minimum absolute atomic E-state index is 0.326. The maximum Gasteiger partial charge on any atom is 0.328 e. The molecule has 1 atom stereocenters. The van der Waals surface area contributed by atoms with Gasteiger partial charge in [0.2, 0.25) is 0 Å². The molecule has 0 unspecified atom stereocenters. The monoisotopic (exact) mass is 193 g/mol. The average Bonchev–Trinajstić information content (AvgIpc) is 2.69. The summed E-state index contributed by atoms with van der Waals surface area (Å²) >= 11 is 0. The third kappa shape index (κ3) is 2.34. The first-order valence-electron chi connectivity index (χ1n) is 4.17. The van der Waals surface area contributed by atoms with Gasteiger partial charge in [-0.15, -0.1) is 5.73 Å². The Morgan fingerprint density at radius 2 is 2.29 bits per heavy atom. The van der Waals surface area contributed by atoms with Crippen molar-refractivity contribution in [1.82, 2.24) is 5.32 Å². The molecule has 14 heavy (non-hydrogen) atoms. The largest absolute Gasteiger partial charge is 0.467 e. The highest BCUT2D eigenvalue weighted by atomic mass is 16.5. The lowest BCUT2D eigenvalue weighted by Gasteiger charge is -2.10. The predicted octanol–water partition coefficient (Wildman–Crippen LogP) is 0.315. The first-order valence-corrected chi connectivity index (χ1v) is 4.17. The minimum atomic E-state index is -0.643. The van der Waals surface area contributed by atoms with Crippen LogP contribution < -0.4 is 5.32 Å². The van der Waals surface area contributed by atoms with E-state index in [1.54, 1.807) is 25.2 Å². The molecule has 4 heteroatoms. The van der Waals surface area contributed by atoms with Crippen molar-refractivity contribution >= 4 is 11.9 Å². The lowest BCUT2D eigenvalue weighted by atomic mass is 10.2. The van der Waals surface area contributed by atoms with E-state index in [1.165, 1.54) is 7.11 Å². The Balaban J connectivity index is 2.53. The van der Waals surface area contributed by atoms with Crippen LogP contribution in [0.2, 0.25) is 0 Å². The standard InChI is InChI=1S/C10H11NO3/c1-7(10(13)14-2)11-9(12)8-5-3-4-6-8/h3-5,7H,1-2H3,(H,11,12)/t7-/m0/s1. The van der Waals surface area contributed by atoms with E-state index in [4.69, 9.17) is 0 Å². The second-order valence-electron chi connectivity index (χ2n) is 2.80. The second-order valence-corrected chi connectivity index (χ2v) is 2.80. The highest BCUT2D eigenvalue weighted by Crippen LogP contribution is 2.02. The van der Waals surface area contributed by atoms with Gasteiger partial charge in [0, 0.05) is 0 Å². The molecule has 1 aliphatic rings. The molecular weight excluding hydrogens is 182 g/mol. The van der Waals surface area contributed by atoms with Gasteiger partial charge >= 0.3 is 5.97 Å². The van der Waals surface area contributed by atoms with Crippen molar-refractivity contribution in [2.24, 2.45) is 0 Å². The molecule has 0 saturated carbocycles. The molecule has 0 aromatic carbocycles. The number of nitrogens with one attached hydrogen (secondary N) is 1. The summed E-state index contributed by atoms with van der Waals surface area (Å²) in [5.74, 6) is -0.794.